The van der Waals surface area contributed by atoms with Crippen LogP contribution in [0.4, 0.5) is 0 Å². The monoisotopic (exact) mass is 453 g/mol. The van der Waals surface area contributed by atoms with E-state index in [0.29, 0.717) is 5.56 Å². The Labute approximate surface area is 200 Å². The molecule has 3 aromatic carbocycles. The number of esters is 1. The maximum Gasteiger partial charge on any atom is 0.339 e. The Bertz CT molecular complexity index is 1140. The second-order valence-electron chi connectivity index (χ2n) is 8.53. The molecule has 166 valence electrons. The van der Waals surface area contributed by atoms with Crippen LogP contribution in [0.5, 0.6) is 0 Å². The highest BCUT2D eigenvalue weighted by molar-refractivity contribution is 7.97. The van der Waals surface area contributed by atoms with Crippen LogP contribution in [-0.4, -0.2) is 11.6 Å². The summed E-state index contributed by atoms with van der Waals surface area (Å²) in [5.74, 6) is 2.46. The van der Waals surface area contributed by atoms with Crippen LogP contribution in [0.15, 0.2) is 111 Å². The SMILES string of the molecule is C#CC(C)(OC(=O)c1cccc([S+](c2ccccc2)c2ccccc2)c1)C1CCCC=C1C. The fourth-order valence-electron chi connectivity index (χ4n) is 4.46. The third-order valence-electron chi connectivity index (χ3n) is 6.23. The predicted octanol–water partition coefficient (Wildman–Crippen LogP) is 7.08. The van der Waals surface area contributed by atoms with E-state index >= 15 is 0 Å². The van der Waals surface area contributed by atoms with E-state index < -0.39 is 5.60 Å². The number of allylic oxidation sites excluding steroid dienone is 1. The lowest BCUT2D eigenvalue weighted by Crippen LogP contribution is -2.40. The van der Waals surface area contributed by atoms with Crippen LogP contribution in [0, 0.1) is 18.3 Å². The highest BCUT2D eigenvalue weighted by Crippen LogP contribution is 2.37. The van der Waals surface area contributed by atoms with Crippen LogP contribution in [-0.2, 0) is 15.6 Å². The van der Waals surface area contributed by atoms with Crippen molar-refractivity contribution in [2.75, 3.05) is 0 Å². The zero-order valence-corrected chi connectivity index (χ0v) is 20.0. The molecule has 0 saturated carbocycles. The topological polar surface area (TPSA) is 26.3 Å². The summed E-state index contributed by atoms with van der Waals surface area (Å²) in [4.78, 5) is 16.7. The zero-order valence-electron chi connectivity index (χ0n) is 19.2. The van der Waals surface area contributed by atoms with E-state index in [1.165, 1.54) is 15.4 Å². The molecule has 1 aliphatic carbocycles. The van der Waals surface area contributed by atoms with Crippen molar-refractivity contribution in [3.63, 3.8) is 0 Å². The summed E-state index contributed by atoms with van der Waals surface area (Å²) in [6.07, 6.45) is 11.2. The summed E-state index contributed by atoms with van der Waals surface area (Å²) in [7, 11) is -0.334. The van der Waals surface area contributed by atoms with Crippen LogP contribution >= 0.6 is 0 Å². The summed E-state index contributed by atoms with van der Waals surface area (Å²) in [5, 5.41) is 0. The molecule has 0 amide bonds. The number of carbonyl (C=O) groups excluding carboxylic acids is 1. The molecule has 0 saturated heterocycles. The van der Waals surface area contributed by atoms with Gasteiger partial charge in [0.05, 0.1) is 16.5 Å². The Kier molecular flexibility index (Phi) is 7.06. The van der Waals surface area contributed by atoms with Gasteiger partial charge in [0.1, 0.15) is 0 Å². The number of hydrogen-bond acceptors (Lipinski definition) is 2. The second-order valence-corrected chi connectivity index (χ2v) is 10.6. The Morgan fingerprint density at radius 1 is 0.970 bits per heavy atom. The molecule has 0 bridgehead atoms. The summed E-state index contributed by atoms with van der Waals surface area (Å²) in [6, 6.07) is 28.5. The normalized spacial score (nSPS) is 17.5. The van der Waals surface area contributed by atoms with E-state index in [1.807, 2.05) is 37.3 Å². The molecule has 33 heavy (non-hydrogen) atoms. The smallest absolute Gasteiger partial charge is 0.339 e. The largest absolute Gasteiger partial charge is 0.442 e. The van der Waals surface area contributed by atoms with Gasteiger partial charge in [-0.1, -0.05) is 60.0 Å². The average Bonchev–Trinajstić information content (AvgIpc) is 2.86. The molecule has 0 aliphatic heterocycles. The van der Waals surface area contributed by atoms with Crippen LogP contribution in [0.1, 0.15) is 43.5 Å². The van der Waals surface area contributed by atoms with Gasteiger partial charge in [0.15, 0.2) is 20.3 Å². The van der Waals surface area contributed by atoms with Crippen molar-refractivity contribution >= 4 is 16.9 Å². The van der Waals surface area contributed by atoms with E-state index in [1.54, 1.807) is 0 Å². The van der Waals surface area contributed by atoms with Crippen LogP contribution in [0.2, 0.25) is 0 Å². The minimum absolute atomic E-state index is 0.0478. The van der Waals surface area contributed by atoms with Crippen LogP contribution < -0.4 is 0 Å². The fraction of sp³-hybridized carbons (Fsp3) is 0.233. The molecule has 1 aliphatic rings. The predicted molar refractivity (Wildman–Crippen MR) is 135 cm³/mol. The molecule has 4 rings (SSSR count). The van der Waals surface area contributed by atoms with Crippen LogP contribution in [0.3, 0.4) is 0 Å². The zero-order chi connectivity index (χ0) is 23.3. The van der Waals surface area contributed by atoms with Gasteiger partial charge in [0, 0.05) is 12.0 Å². The first-order valence-electron chi connectivity index (χ1n) is 11.3. The second kappa shape index (κ2) is 10.1. The van der Waals surface area contributed by atoms with Gasteiger partial charge in [-0.15, -0.1) is 6.42 Å². The lowest BCUT2D eigenvalue weighted by molar-refractivity contribution is -0.00500. The highest BCUT2D eigenvalue weighted by Gasteiger charge is 2.38. The standard InChI is InChI=1S/C30H29O2S/c1-4-30(3,28-21-12-11-14-23(28)2)32-29(31)24-15-13-20-27(22-24)33(25-16-7-5-8-17-25)26-18-9-6-10-19-26/h1,5-10,13-20,22,28H,11-12,21H2,2-3H3/q+1. The molecule has 0 N–H and O–H groups in total. The van der Waals surface area contributed by atoms with Crippen molar-refractivity contribution in [2.24, 2.45) is 5.92 Å². The summed E-state index contributed by atoms with van der Waals surface area (Å²) in [6.45, 7) is 3.94. The maximum atomic E-state index is 13.3. The molecular weight excluding hydrogens is 424 g/mol. The fourth-order valence-corrected chi connectivity index (χ4v) is 6.59. The number of carbonyl (C=O) groups is 1. The molecule has 0 heterocycles. The third-order valence-corrected chi connectivity index (χ3v) is 8.44. The van der Waals surface area contributed by atoms with E-state index in [9.17, 15) is 4.79 Å². The van der Waals surface area contributed by atoms with Gasteiger partial charge in [-0.25, -0.2) is 4.79 Å². The number of hydrogen-bond donors (Lipinski definition) is 0. The van der Waals surface area contributed by atoms with Crippen molar-refractivity contribution in [1.82, 2.24) is 0 Å². The van der Waals surface area contributed by atoms with Gasteiger partial charge in [-0.05, 0) is 69.5 Å². The number of rotatable bonds is 6. The number of benzene rings is 3. The highest BCUT2D eigenvalue weighted by atomic mass is 32.2. The van der Waals surface area contributed by atoms with Crippen molar-refractivity contribution < 1.29 is 9.53 Å². The Morgan fingerprint density at radius 3 is 2.15 bits per heavy atom. The molecule has 3 aromatic rings. The Balaban J connectivity index is 1.66. The number of ether oxygens (including phenoxy) is 1. The average molecular weight is 454 g/mol. The van der Waals surface area contributed by atoms with Gasteiger partial charge in [-0.3, -0.25) is 0 Å². The first-order chi connectivity index (χ1) is 16.0. The molecule has 2 nitrogen and oxygen atoms in total. The summed E-state index contributed by atoms with van der Waals surface area (Å²) >= 11 is 0. The number of terminal acetylenes is 1. The van der Waals surface area contributed by atoms with Gasteiger partial charge >= 0.3 is 5.97 Å². The maximum absolute atomic E-state index is 13.3. The van der Waals surface area contributed by atoms with Gasteiger partial charge in [0.25, 0.3) is 0 Å². The molecule has 3 heteroatoms. The molecule has 2 atom stereocenters. The van der Waals surface area contributed by atoms with Crippen molar-refractivity contribution in [1.29, 1.82) is 0 Å². The van der Waals surface area contributed by atoms with E-state index in [0.717, 1.165) is 24.2 Å². The van der Waals surface area contributed by atoms with Crippen molar-refractivity contribution in [3.05, 3.63) is 102 Å². The third kappa shape index (κ3) is 5.07. The lowest BCUT2D eigenvalue weighted by atomic mass is 9.77. The van der Waals surface area contributed by atoms with E-state index in [4.69, 9.17) is 11.2 Å². The molecular formula is C30H29O2S+. The molecule has 2 unspecified atom stereocenters. The Hall–Kier alpha value is -3.22. The van der Waals surface area contributed by atoms with E-state index in [2.05, 4.69) is 73.5 Å². The molecule has 0 radical (unpaired) electrons. The summed E-state index contributed by atoms with van der Waals surface area (Å²) in [5.41, 5.74) is 0.767. The summed E-state index contributed by atoms with van der Waals surface area (Å²) < 4.78 is 6.02. The van der Waals surface area contributed by atoms with Gasteiger partial charge < -0.3 is 4.74 Å². The molecule has 0 fully saturated rings. The first kappa shape index (κ1) is 23.0. The van der Waals surface area contributed by atoms with Crippen molar-refractivity contribution in [2.45, 2.75) is 53.4 Å². The van der Waals surface area contributed by atoms with Gasteiger partial charge in [-0.2, -0.15) is 0 Å². The minimum atomic E-state index is -0.964. The van der Waals surface area contributed by atoms with E-state index in [-0.39, 0.29) is 22.8 Å². The molecule has 0 aromatic heterocycles. The van der Waals surface area contributed by atoms with Gasteiger partial charge in [0.2, 0.25) is 0 Å². The lowest BCUT2D eigenvalue weighted by Gasteiger charge is -2.35. The van der Waals surface area contributed by atoms with Crippen molar-refractivity contribution in [3.8, 4) is 12.3 Å². The quantitative estimate of drug-likeness (QED) is 0.173. The first-order valence-corrected chi connectivity index (χ1v) is 12.6. The Morgan fingerprint density at radius 2 is 1.58 bits per heavy atom. The van der Waals surface area contributed by atoms with Crippen LogP contribution in [0.25, 0.3) is 0 Å². The minimum Gasteiger partial charge on any atom is -0.442 e. The molecule has 0 spiro atoms.